The smallest absolute Gasteiger partial charge is 0.300 e. The first-order valence-corrected chi connectivity index (χ1v) is 10.9. The number of hydrogen-bond acceptors (Lipinski definition) is 5. The highest BCUT2D eigenvalue weighted by molar-refractivity contribution is 7.10. The standard InChI is InChI=1S/C25H22FNO4S/c1-13-9-10-32-24(13)21-20(22(28)18-11-15(3)19(31-4)12-14(18)2)23(29)25(30)27(21)17-7-5-16(26)6-8-17/h5-12,21,28H,1-4H3/b22-20+. The predicted octanol–water partition coefficient (Wildman–Crippen LogP) is 5.45. The number of carbonyl (C=O) groups is 2. The lowest BCUT2D eigenvalue weighted by Crippen LogP contribution is -2.29. The lowest BCUT2D eigenvalue weighted by molar-refractivity contribution is -0.132. The number of hydrogen-bond donors (Lipinski definition) is 1. The maximum absolute atomic E-state index is 13.5. The van der Waals surface area contributed by atoms with Crippen LogP contribution in [0.15, 0.2) is 53.4 Å². The van der Waals surface area contributed by atoms with Crippen molar-refractivity contribution in [2.24, 2.45) is 0 Å². The van der Waals surface area contributed by atoms with Gasteiger partial charge in [0.1, 0.15) is 23.4 Å². The summed E-state index contributed by atoms with van der Waals surface area (Å²) in [7, 11) is 1.56. The Balaban J connectivity index is 1.97. The summed E-state index contributed by atoms with van der Waals surface area (Å²) in [4.78, 5) is 28.4. The van der Waals surface area contributed by atoms with Crippen LogP contribution in [0, 0.1) is 26.6 Å². The molecule has 32 heavy (non-hydrogen) atoms. The third kappa shape index (κ3) is 3.48. The third-order valence-electron chi connectivity index (χ3n) is 5.70. The molecule has 0 aliphatic carbocycles. The molecule has 1 amide bonds. The Kier molecular flexibility index (Phi) is 5.60. The molecule has 4 rings (SSSR count). The van der Waals surface area contributed by atoms with E-state index in [1.165, 1.54) is 40.5 Å². The van der Waals surface area contributed by atoms with Crippen LogP contribution in [0.5, 0.6) is 5.75 Å². The van der Waals surface area contributed by atoms with Crippen LogP contribution in [-0.4, -0.2) is 23.9 Å². The first-order chi connectivity index (χ1) is 15.2. The number of aliphatic hydroxyl groups excluding tert-OH is 1. The second-order valence-electron chi connectivity index (χ2n) is 7.75. The average molecular weight is 452 g/mol. The minimum atomic E-state index is -0.817. The summed E-state index contributed by atoms with van der Waals surface area (Å²) in [6.07, 6.45) is 0. The van der Waals surface area contributed by atoms with Gasteiger partial charge < -0.3 is 9.84 Å². The number of amides is 1. The first kappa shape index (κ1) is 21.8. The summed E-state index contributed by atoms with van der Waals surface area (Å²) in [6, 6.07) is 10.0. The molecule has 0 radical (unpaired) electrons. The molecule has 1 aromatic heterocycles. The highest BCUT2D eigenvalue weighted by Gasteiger charge is 2.48. The summed E-state index contributed by atoms with van der Waals surface area (Å²) < 4.78 is 18.9. The summed E-state index contributed by atoms with van der Waals surface area (Å²) in [6.45, 7) is 5.53. The zero-order valence-electron chi connectivity index (χ0n) is 18.1. The molecule has 1 unspecified atom stereocenters. The molecule has 7 heteroatoms. The second-order valence-corrected chi connectivity index (χ2v) is 8.70. The fourth-order valence-corrected chi connectivity index (χ4v) is 5.05. The largest absolute Gasteiger partial charge is 0.507 e. The zero-order valence-corrected chi connectivity index (χ0v) is 18.9. The van der Waals surface area contributed by atoms with E-state index in [-0.39, 0.29) is 11.3 Å². The van der Waals surface area contributed by atoms with Crippen LogP contribution < -0.4 is 9.64 Å². The molecule has 5 nitrogen and oxygen atoms in total. The van der Waals surface area contributed by atoms with Crippen molar-refractivity contribution in [3.63, 3.8) is 0 Å². The Hall–Kier alpha value is -3.45. The Morgan fingerprint density at radius 2 is 1.72 bits per heavy atom. The molecule has 0 spiro atoms. The highest BCUT2D eigenvalue weighted by Crippen LogP contribution is 2.45. The van der Waals surface area contributed by atoms with Crippen LogP contribution in [0.3, 0.4) is 0 Å². The maximum atomic E-state index is 13.5. The molecule has 1 aliphatic heterocycles. The molecule has 0 saturated carbocycles. The molecule has 2 aromatic carbocycles. The lowest BCUT2D eigenvalue weighted by Gasteiger charge is -2.25. The van der Waals surface area contributed by atoms with Crippen LogP contribution in [0.4, 0.5) is 10.1 Å². The number of halogens is 1. The van der Waals surface area contributed by atoms with Gasteiger partial charge in [0.2, 0.25) is 0 Å². The van der Waals surface area contributed by atoms with Crippen molar-refractivity contribution >= 4 is 34.5 Å². The quantitative estimate of drug-likeness (QED) is 0.326. The SMILES string of the molecule is COc1cc(C)c(/C(O)=C2\C(=O)C(=O)N(c3ccc(F)cc3)C2c2sccc2C)cc1C. The molecule has 1 saturated heterocycles. The maximum Gasteiger partial charge on any atom is 0.300 e. The molecule has 3 aromatic rings. The number of ketones is 1. The highest BCUT2D eigenvalue weighted by atomic mass is 32.1. The Labute approximate surface area is 189 Å². The van der Waals surface area contributed by atoms with Gasteiger partial charge in [-0.05, 0) is 85.3 Å². The number of ether oxygens (including phenoxy) is 1. The lowest BCUT2D eigenvalue weighted by atomic mass is 9.95. The van der Waals surface area contributed by atoms with Crippen LogP contribution >= 0.6 is 11.3 Å². The van der Waals surface area contributed by atoms with Crippen molar-refractivity contribution in [2.75, 3.05) is 12.0 Å². The zero-order chi connectivity index (χ0) is 23.2. The Bertz CT molecular complexity index is 1260. The number of benzene rings is 2. The van der Waals surface area contributed by atoms with Gasteiger partial charge in [-0.1, -0.05) is 0 Å². The number of thiophene rings is 1. The number of nitrogens with zero attached hydrogens (tertiary/aromatic N) is 1. The minimum Gasteiger partial charge on any atom is -0.507 e. The van der Waals surface area contributed by atoms with Gasteiger partial charge >= 0.3 is 0 Å². The number of aliphatic hydroxyl groups is 1. The Morgan fingerprint density at radius 1 is 1.03 bits per heavy atom. The minimum absolute atomic E-state index is 0.0116. The van der Waals surface area contributed by atoms with Gasteiger partial charge in [-0.25, -0.2) is 4.39 Å². The van der Waals surface area contributed by atoms with Gasteiger partial charge in [-0.15, -0.1) is 11.3 Å². The van der Waals surface area contributed by atoms with E-state index in [1.54, 1.807) is 26.2 Å². The molecule has 1 aliphatic rings. The summed E-state index contributed by atoms with van der Waals surface area (Å²) in [5.74, 6) is -1.57. The van der Waals surface area contributed by atoms with Gasteiger partial charge in [-0.3, -0.25) is 14.5 Å². The fraction of sp³-hybridized carbons (Fsp3) is 0.200. The molecule has 2 heterocycles. The number of rotatable bonds is 4. The summed E-state index contributed by atoms with van der Waals surface area (Å²) in [5, 5.41) is 13.2. The van der Waals surface area contributed by atoms with E-state index in [9.17, 15) is 19.1 Å². The molecule has 164 valence electrons. The van der Waals surface area contributed by atoms with Crippen LogP contribution in [0.1, 0.15) is 33.2 Å². The van der Waals surface area contributed by atoms with E-state index in [0.717, 1.165) is 16.0 Å². The van der Waals surface area contributed by atoms with Crippen molar-refractivity contribution < 1.29 is 23.8 Å². The number of anilines is 1. The van der Waals surface area contributed by atoms with Gasteiger partial charge in [0.05, 0.1) is 12.7 Å². The predicted molar refractivity (Wildman–Crippen MR) is 123 cm³/mol. The average Bonchev–Trinajstić information content (AvgIpc) is 3.30. The van der Waals surface area contributed by atoms with E-state index in [2.05, 4.69) is 0 Å². The van der Waals surface area contributed by atoms with Crippen molar-refractivity contribution in [2.45, 2.75) is 26.8 Å². The van der Waals surface area contributed by atoms with E-state index < -0.39 is 23.5 Å². The van der Waals surface area contributed by atoms with Gasteiger partial charge in [0, 0.05) is 16.1 Å². The van der Waals surface area contributed by atoms with Crippen LogP contribution in [-0.2, 0) is 9.59 Å². The van der Waals surface area contributed by atoms with E-state index in [1.807, 2.05) is 25.3 Å². The molecule has 0 bridgehead atoms. The van der Waals surface area contributed by atoms with Gasteiger partial charge in [-0.2, -0.15) is 0 Å². The number of methoxy groups -OCH3 is 1. The molecule has 1 fully saturated rings. The monoisotopic (exact) mass is 451 g/mol. The number of aryl methyl sites for hydroxylation is 3. The van der Waals surface area contributed by atoms with E-state index in [4.69, 9.17) is 4.74 Å². The van der Waals surface area contributed by atoms with Crippen LogP contribution in [0.25, 0.3) is 5.76 Å². The van der Waals surface area contributed by atoms with Crippen LogP contribution in [0.2, 0.25) is 0 Å². The normalized spacial score (nSPS) is 17.8. The van der Waals surface area contributed by atoms with Crippen molar-refractivity contribution in [3.05, 3.63) is 86.4 Å². The fourth-order valence-electron chi connectivity index (χ4n) is 4.02. The second kappa shape index (κ2) is 8.24. The van der Waals surface area contributed by atoms with E-state index in [0.29, 0.717) is 22.6 Å². The molecule has 1 N–H and O–H groups in total. The number of Topliss-reactive ketones (excluding diaryl/α,β-unsaturated/α-hetero) is 1. The first-order valence-electron chi connectivity index (χ1n) is 10.0. The molecular weight excluding hydrogens is 429 g/mol. The van der Waals surface area contributed by atoms with Crippen molar-refractivity contribution in [1.82, 2.24) is 0 Å². The Morgan fingerprint density at radius 3 is 2.31 bits per heavy atom. The molecule has 1 atom stereocenters. The van der Waals surface area contributed by atoms with Gasteiger partial charge in [0.25, 0.3) is 11.7 Å². The van der Waals surface area contributed by atoms with E-state index >= 15 is 0 Å². The van der Waals surface area contributed by atoms with Crippen molar-refractivity contribution in [3.8, 4) is 5.75 Å². The topological polar surface area (TPSA) is 66.8 Å². The summed E-state index contributed by atoms with van der Waals surface area (Å²) >= 11 is 1.40. The van der Waals surface area contributed by atoms with Crippen molar-refractivity contribution in [1.29, 1.82) is 0 Å². The summed E-state index contributed by atoms with van der Waals surface area (Å²) in [5.41, 5.74) is 3.24. The van der Waals surface area contributed by atoms with Gasteiger partial charge in [0.15, 0.2) is 0 Å². The molecular formula is C25H22FNO4S. The third-order valence-corrected chi connectivity index (χ3v) is 6.77. The number of carbonyl (C=O) groups excluding carboxylic acids is 2.